The zero-order valence-electron chi connectivity index (χ0n) is 13.0. The Kier molecular flexibility index (Phi) is 4.32. The first-order valence-electron chi connectivity index (χ1n) is 7.01. The van der Waals surface area contributed by atoms with Gasteiger partial charge in [-0.1, -0.05) is 32.9 Å². The number of hydrogen-bond acceptors (Lipinski definition) is 3. The van der Waals surface area contributed by atoms with E-state index in [0.717, 1.165) is 11.3 Å². The summed E-state index contributed by atoms with van der Waals surface area (Å²) >= 11 is 0. The minimum absolute atomic E-state index is 0.172. The summed E-state index contributed by atoms with van der Waals surface area (Å²) in [5, 5.41) is 4.60. The standard InChI is InChI=1S/C16H22FN3O/c1-16(2,3)14-11(9-10-18)15(21-4)20(19-14)13-8-6-5-7-12(13)17/h5-8H,9-10,18H2,1-4H3. The van der Waals surface area contributed by atoms with Crippen molar-refractivity contribution in [3.63, 3.8) is 0 Å². The van der Waals surface area contributed by atoms with Crippen molar-refractivity contribution in [1.82, 2.24) is 9.78 Å². The van der Waals surface area contributed by atoms with Crippen LogP contribution in [0.2, 0.25) is 0 Å². The highest BCUT2D eigenvalue weighted by atomic mass is 19.1. The number of rotatable bonds is 4. The summed E-state index contributed by atoms with van der Waals surface area (Å²) in [6.07, 6.45) is 0.643. The summed E-state index contributed by atoms with van der Waals surface area (Å²) in [5.74, 6) is 0.216. The van der Waals surface area contributed by atoms with Gasteiger partial charge in [-0.3, -0.25) is 0 Å². The quantitative estimate of drug-likeness (QED) is 0.942. The Morgan fingerprint density at radius 3 is 2.48 bits per heavy atom. The van der Waals surface area contributed by atoms with Crippen LogP contribution in [0.4, 0.5) is 4.39 Å². The molecule has 0 fully saturated rings. The fraction of sp³-hybridized carbons (Fsp3) is 0.438. The van der Waals surface area contributed by atoms with E-state index in [4.69, 9.17) is 10.5 Å². The average Bonchev–Trinajstić information content (AvgIpc) is 2.78. The zero-order chi connectivity index (χ0) is 15.6. The maximum absolute atomic E-state index is 14.1. The number of hydrogen-bond donors (Lipinski definition) is 1. The van der Waals surface area contributed by atoms with E-state index < -0.39 is 0 Å². The highest BCUT2D eigenvalue weighted by Gasteiger charge is 2.28. The van der Waals surface area contributed by atoms with Crippen LogP contribution in [0.5, 0.6) is 5.88 Å². The molecule has 0 radical (unpaired) electrons. The number of methoxy groups -OCH3 is 1. The Bertz CT molecular complexity index is 629. The summed E-state index contributed by atoms with van der Waals surface area (Å²) in [4.78, 5) is 0. The van der Waals surface area contributed by atoms with Crippen LogP contribution in [-0.4, -0.2) is 23.4 Å². The smallest absolute Gasteiger partial charge is 0.220 e. The lowest BCUT2D eigenvalue weighted by Crippen LogP contribution is -2.16. The fourth-order valence-corrected chi connectivity index (χ4v) is 2.40. The predicted molar refractivity (Wildman–Crippen MR) is 81.5 cm³/mol. The number of nitrogens with two attached hydrogens (primary N) is 1. The van der Waals surface area contributed by atoms with Crippen molar-refractivity contribution in [3.05, 3.63) is 41.3 Å². The van der Waals surface area contributed by atoms with Gasteiger partial charge in [0.25, 0.3) is 0 Å². The molecule has 1 heterocycles. The largest absolute Gasteiger partial charge is 0.481 e. The highest BCUT2D eigenvalue weighted by Crippen LogP contribution is 2.34. The Morgan fingerprint density at radius 1 is 1.29 bits per heavy atom. The maximum atomic E-state index is 14.1. The van der Waals surface area contributed by atoms with E-state index in [1.165, 1.54) is 10.7 Å². The molecule has 0 amide bonds. The molecule has 0 aliphatic heterocycles. The van der Waals surface area contributed by atoms with Crippen molar-refractivity contribution in [1.29, 1.82) is 0 Å². The molecule has 0 saturated carbocycles. The van der Waals surface area contributed by atoms with Crippen molar-refractivity contribution in [3.8, 4) is 11.6 Å². The van der Waals surface area contributed by atoms with E-state index in [0.29, 0.717) is 24.5 Å². The SMILES string of the molecule is COc1c(CCN)c(C(C)(C)C)nn1-c1ccccc1F. The monoisotopic (exact) mass is 291 g/mol. The van der Waals surface area contributed by atoms with E-state index in [2.05, 4.69) is 25.9 Å². The van der Waals surface area contributed by atoms with E-state index >= 15 is 0 Å². The number of nitrogens with zero attached hydrogens (tertiary/aromatic N) is 2. The number of ether oxygens (including phenoxy) is 1. The van der Waals surface area contributed by atoms with Gasteiger partial charge in [0.1, 0.15) is 11.5 Å². The molecule has 2 aromatic rings. The van der Waals surface area contributed by atoms with Crippen molar-refractivity contribution < 1.29 is 9.13 Å². The van der Waals surface area contributed by atoms with Gasteiger partial charge in [0.05, 0.1) is 12.8 Å². The minimum atomic E-state index is -0.335. The van der Waals surface area contributed by atoms with Crippen LogP contribution in [0.25, 0.3) is 5.69 Å². The van der Waals surface area contributed by atoms with Gasteiger partial charge in [-0.05, 0) is 25.1 Å². The van der Waals surface area contributed by atoms with Gasteiger partial charge in [-0.15, -0.1) is 0 Å². The van der Waals surface area contributed by atoms with Crippen LogP contribution >= 0.6 is 0 Å². The second-order valence-corrected chi connectivity index (χ2v) is 5.99. The molecular weight excluding hydrogens is 269 g/mol. The van der Waals surface area contributed by atoms with Gasteiger partial charge >= 0.3 is 0 Å². The lowest BCUT2D eigenvalue weighted by molar-refractivity contribution is 0.377. The van der Waals surface area contributed by atoms with E-state index in [-0.39, 0.29) is 11.2 Å². The third-order valence-electron chi connectivity index (χ3n) is 3.32. The van der Waals surface area contributed by atoms with Gasteiger partial charge < -0.3 is 10.5 Å². The first-order chi connectivity index (χ1) is 9.90. The third kappa shape index (κ3) is 2.93. The van der Waals surface area contributed by atoms with E-state index in [9.17, 15) is 4.39 Å². The van der Waals surface area contributed by atoms with Gasteiger partial charge in [0.15, 0.2) is 0 Å². The molecule has 4 nitrogen and oxygen atoms in total. The molecule has 1 aromatic heterocycles. The van der Waals surface area contributed by atoms with Crippen LogP contribution in [0.1, 0.15) is 32.0 Å². The molecule has 0 saturated heterocycles. The fourth-order valence-electron chi connectivity index (χ4n) is 2.40. The molecule has 0 atom stereocenters. The minimum Gasteiger partial charge on any atom is -0.481 e. The molecule has 1 aromatic carbocycles. The molecule has 114 valence electrons. The summed E-state index contributed by atoms with van der Waals surface area (Å²) in [6, 6.07) is 6.53. The number of para-hydroxylation sites is 1. The lowest BCUT2D eigenvalue weighted by Gasteiger charge is -2.17. The van der Waals surface area contributed by atoms with Crippen LogP contribution in [0.15, 0.2) is 24.3 Å². The second kappa shape index (κ2) is 5.85. The number of halogens is 1. The summed E-state index contributed by atoms with van der Waals surface area (Å²) < 4.78 is 21.1. The van der Waals surface area contributed by atoms with Gasteiger partial charge in [0.2, 0.25) is 5.88 Å². The van der Waals surface area contributed by atoms with Crippen molar-refractivity contribution in [2.75, 3.05) is 13.7 Å². The normalized spacial score (nSPS) is 11.7. The highest BCUT2D eigenvalue weighted by molar-refractivity contribution is 5.44. The number of aromatic nitrogens is 2. The molecule has 2 N–H and O–H groups in total. The topological polar surface area (TPSA) is 53.1 Å². The van der Waals surface area contributed by atoms with Crippen molar-refractivity contribution in [2.45, 2.75) is 32.6 Å². The van der Waals surface area contributed by atoms with Crippen LogP contribution in [-0.2, 0) is 11.8 Å². The predicted octanol–water partition coefficient (Wildman–Crippen LogP) is 2.82. The molecule has 0 aliphatic carbocycles. The van der Waals surface area contributed by atoms with E-state index in [1.807, 2.05) is 0 Å². The molecule has 2 rings (SSSR count). The Morgan fingerprint density at radius 2 is 1.95 bits per heavy atom. The average molecular weight is 291 g/mol. The van der Waals surface area contributed by atoms with Crippen molar-refractivity contribution >= 4 is 0 Å². The van der Waals surface area contributed by atoms with Gasteiger partial charge in [-0.2, -0.15) is 9.78 Å². The maximum Gasteiger partial charge on any atom is 0.220 e. The Balaban J connectivity index is 2.70. The Hall–Kier alpha value is -1.88. The molecule has 21 heavy (non-hydrogen) atoms. The van der Waals surface area contributed by atoms with Gasteiger partial charge in [0, 0.05) is 11.0 Å². The van der Waals surface area contributed by atoms with Crippen LogP contribution in [0.3, 0.4) is 0 Å². The van der Waals surface area contributed by atoms with E-state index in [1.54, 1.807) is 25.3 Å². The second-order valence-electron chi connectivity index (χ2n) is 5.99. The van der Waals surface area contributed by atoms with Crippen molar-refractivity contribution in [2.24, 2.45) is 5.73 Å². The van der Waals surface area contributed by atoms with Gasteiger partial charge in [-0.25, -0.2) is 4.39 Å². The molecule has 0 bridgehead atoms. The summed E-state index contributed by atoms with van der Waals surface area (Å²) in [7, 11) is 1.57. The Labute approximate surface area is 124 Å². The molecule has 0 aliphatic rings. The third-order valence-corrected chi connectivity index (χ3v) is 3.32. The first-order valence-corrected chi connectivity index (χ1v) is 7.01. The molecule has 5 heteroatoms. The van der Waals surface area contributed by atoms with Crippen LogP contribution in [0, 0.1) is 5.82 Å². The zero-order valence-corrected chi connectivity index (χ0v) is 13.0. The molecule has 0 spiro atoms. The molecular formula is C16H22FN3O. The van der Waals surface area contributed by atoms with Crippen LogP contribution < -0.4 is 10.5 Å². The number of benzene rings is 1. The summed E-state index contributed by atoms with van der Waals surface area (Å²) in [6.45, 7) is 6.70. The molecule has 0 unspecified atom stereocenters. The first kappa shape index (κ1) is 15.5. The lowest BCUT2D eigenvalue weighted by atomic mass is 9.88. The summed E-state index contributed by atoms with van der Waals surface area (Å²) in [5.41, 5.74) is 7.74.